The summed E-state index contributed by atoms with van der Waals surface area (Å²) in [5.74, 6) is 0.0996. The lowest BCUT2D eigenvalue weighted by molar-refractivity contribution is 0.0737. The normalized spacial score (nSPS) is 10.7. The van der Waals surface area contributed by atoms with Crippen LogP contribution in [0.25, 0.3) is 22.2 Å². The van der Waals surface area contributed by atoms with E-state index in [9.17, 15) is 4.79 Å². The number of carbonyl (C=O) groups is 1. The summed E-state index contributed by atoms with van der Waals surface area (Å²) >= 11 is 6.00. The molecular formula is C23H16ClNO2. The molecule has 27 heavy (non-hydrogen) atoms. The Hall–Kier alpha value is -3.17. The van der Waals surface area contributed by atoms with E-state index in [-0.39, 0.29) is 0 Å². The number of ether oxygens (including phenoxy) is 1. The SMILES string of the molecule is Cc1cccc2c(C(=O)Oc3ccccc3)cc(-c3ccc(Cl)cc3)nc12. The van der Waals surface area contributed by atoms with Gasteiger partial charge in [0.15, 0.2) is 0 Å². The fourth-order valence-electron chi connectivity index (χ4n) is 2.98. The molecule has 132 valence electrons. The second kappa shape index (κ2) is 7.22. The highest BCUT2D eigenvalue weighted by molar-refractivity contribution is 6.30. The zero-order valence-corrected chi connectivity index (χ0v) is 15.4. The Balaban J connectivity index is 1.86. The molecule has 0 fully saturated rings. The molecule has 0 unspecified atom stereocenters. The van der Waals surface area contributed by atoms with E-state index in [2.05, 4.69) is 0 Å². The summed E-state index contributed by atoms with van der Waals surface area (Å²) < 4.78 is 5.57. The van der Waals surface area contributed by atoms with Crippen LogP contribution in [0.2, 0.25) is 5.02 Å². The van der Waals surface area contributed by atoms with Crippen molar-refractivity contribution in [2.75, 3.05) is 0 Å². The molecule has 1 aromatic heterocycles. The molecule has 0 aliphatic heterocycles. The van der Waals surface area contributed by atoms with E-state index in [1.54, 1.807) is 18.2 Å². The number of nitrogens with zero attached hydrogens (tertiary/aromatic N) is 1. The number of aromatic nitrogens is 1. The van der Waals surface area contributed by atoms with E-state index in [1.165, 1.54) is 0 Å². The lowest BCUT2D eigenvalue weighted by Gasteiger charge is -2.11. The predicted octanol–water partition coefficient (Wildman–Crippen LogP) is 6.08. The van der Waals surface area contributed by atoms with Gasteiger partial charge < -0.3 is 4.74 Å². The third kappa shape index (κ3) is 3.55. The van der Waals surface area contributed by atoms with Gasteiger partial charge in [-0.2, -0.15) is 0 Å². The number of para-hydroxylation sites is 2. The number of halogens is 1. The van der Waals surface area contributed by atoms with Crippen molar-refractivity contribution in [2.45, 2.75) is 6.92 Å². The fraction of sp³-hybridized carbons (Fsp3) is 0.0435. The first-order valence-electron chi connectivity index (χ1n) is 8.55. The van der Waals surface area contributed by atoms with Crippen LogP contribution < -0.4 is 4.74 Å². The molecule has 4 rings (SSSR count). The summed E-state index contributed by atoms with van der Waals surface area (Å²) in [6.07, 6.45) is 0. The summed E-state index contributed by atoms with van der Waals surface area (Å²) in [5.41, 5.74) is 3.85. The van der Waals surface area contributed by atoms with Crippen LogP contribution in [0.3, 0.4) is 0 Å². The highest BCUT2D eigenvalue weighted by Crippen LogP contribution is 2.28. The Bertz CT molecular complexity index is 1120. The highest BCUT2D eigenvalue weighted by Gasteiger charge is 2.17. The molecule has 0 spiro atoms. The predicted molar refractivity (Wildman–Crippen MR) is 108 cm³/mol. The van der Waals surface area contributed by atoms with Crippen molar-refractivity contribution in [2.24, 2.45) is 0 Å². The minimum absolute atomic E-state index is 0.408. The van der Waals surface area contributed by atoms with E-state index in [1.807, 2.05) is 67.6 Å². The smallest absolute Gasteiger partial charge is 0.344 e. The summed E-state index contributed by atoms with van der Waals surface area (Å²) in [6, 6.07) is 24.0. The van der Waals surface area contributed by atoms with E-state index < -0.39 is 5.97 Å². The summed E-state index contributed by atoms with van der Waals surface area (Å²) in [7, 11) is 0. The van der Waals surface area contributed by atoms with Gasteiger partial charge in [-0.3, -0.25) is 0 Å². The van der Waals surface area contributed by atoms with Gasteiger partial charge in [0.05, 0.1) is 16.8 Å². The first-order valence-corrected chi connectivity index (χ1v) is 8.93. The maximum Gasteiger partial charge on any atom is 0.344 e. The number of aryl methyl sites for hydroxylation is 1. The van der Waals surface area contributed by atoms with Crippen LogP contribution in [0.1, 0.15) is 15.9 Å². The van der Waals surface area contributed by atoms with E-state index in [4.69, 9.17) is 21.3 Å². The van der Waals surface area contributed by atoms with E-state index in [0.717, 1.165) is 22.0 Å². The molecular weight excluding hydrogens is 358 g/mol. The molecule has 0 atom stereocenters. The van der Waals surface area contributed by atoms with Crippen molar-refractivity contribution < 1.29 is 9.53 Å². The monoisotopic (exact) mass is 373 g/mol. The number of carbonyl (C=O) groups excluding carboxylic acids is 1. The first kappa shape index (κ1) is 17.3. The Labute approximate surface area is 162 Å². The Morgan fingerprint density at radius 3 is 2.41 bits per heavy atom. The van der Waals surface area contributed by atoms with Crippen LogP contribution in [-0.4, -0.2) is 11.0 Å². The standard InChI is InChI=1S/C23H16ClNO2/c1-15-6-5-9-19-20(23(26)27-18-7-3-2-4-8-18)14-21(25-22(15)19)16-10-12-17(24)13-11-16/h2-14H,1H3. The third-order valence-electron chi connectivity index (χ3n) is 4.35. The molecule has 1 heterocycles. The summed E-state index contributed by atoms with van der Waals surface area (Å²) in [5, 5.41) is 1.42. The fourth-order valence-corrected chi connectivity index (χ4v) is 3.11. The van der Waals surface area contributed by atoms with Crippen LogP contribution in [-0.2, 0) is 0 Å². The maximum atomic E-state index is 12.9. The van der Waals surface area contributed by atoms with Crippen LogP contribution in [0.4, 0.5) is 0 Å². The largest absolute Gasteiger partial charge is 0.423 e. The van der Waals surface area contributed by atoms with Gasteiger partial charge in [-0.05, 0) is 42.8 Å². The number of hydrogen-bond acceptors (Lipinski definition) is 3. The second-order valence-electron chi connectivity index (χ2n) is 6.24. The average Bonchev–Trinajstić information content (AvgIpc) is 2.69. The minimum Gasteiger partial charge on any atom is -0.423 e. The van der Waals surface area contributed by atoms with Crippen molar-refractivity contribution in [1.29, 1.82) is 0 Å². The van der Waals surface area contributed by atoms with Crippen LogP contribution in [0.5, 0.6) is 5.75 Å². The molecule has 0 amide bonds. The Morgan fingerprint density at radius 1 is 0.926 bits per heavy atom. The number of rotatable bonds is 3. The molecule has 0 radical (unpaired) electrons. The topological polar surface area (TPSA) is 39.2 Å². The molecule has 0 saturated carbocycles. The Kier molecular flexibility index (Phi) is 4.61. The molecule has 4 heteroatoms. The number of fused-ring (bicyclic) bond motifs is 1. The van der Waals surface area contributed by atoms with Gasteiger partial charge in [0.25, 0.3) is 0 Å². The quantitative estimate of drug-likeness (QED) is 0.322. The summed E-state index contributed by atoms with van der Waals surface area (Å²) in [6.45, 7) is 1.98. The van der Waals surface area contributed by atoms with E-state index >= 15 is 0 Å². The molecule has 4 aromatic rings. The molecule has 0 N–H and O–H groups in total. The molecule has 3 aromatic carbocycles. The van der Waals surface area contributed by atoms with Crippen molar-refractivity contribution in [3.63, 3.8) is 0 Å². The average molecular weight is 374 g/mol. The van der Waals surface area contributed by atoms with Crippen LogP contribution in [0, 0.1) is 6.92 Å². The number of hydrogen-bond donors (Lipinski definition) is 0. The van der Waals surface area contributed by atoms with Crippen molar-refractivity contribution >= 4 is 28.5 Å². The van der Waals surface area contributed by atoms with Gasteiger partial charge in [-0.1, -0.05) is 60.1 Å². The zero-order valence-electron chi connectivity index (χ0n) is 14.6. The van der Waals surface area contributed by atoms with Crippen molar-refractivity contribution in [1.82, 2.24) is 4.98 Å². The van der Waals surface area contributed by atoms with Crippen molar-refractivity contribution in [3.05, 3.63) is 95.0 Å². The van der Waals surface area contributed by atoms with Gasteiger partial charge in [0.2, 0.25) is 0 Å². The lowest BCUT2D eigenvalue weighted by Crippen LogP contribution is -2.10. The molecule has 0 saturated heterocycles. The van der Waals surface area contributed by atoms with Gasteiger partial charge in [0, 0.05) is 16.0 Å². The molecule has 0 aliphatic carbocycles. The third-order valence-corrected chi connectivity index (χ3v) is 4.61. The highest BCUT2D eigenvalue weighted by atomic mass is 35.5. The zero-order chi connectivity index (χ0) is 18.8. The molecule has 0 bridgehead atoms. The van der Waals surface area contributed by atoms with Gasteiger partial charge in [-0.15, -0.1) is 0 Å². The number of pyridine rings is 1. The van der Waals surface area contributed by atoms with Gasteiger partial charge >= 0.3 is 5.97 Å². The first-order chi connectivity index (χ1) is 13.1. The van der Waals surface area contributed by atoms with Crippen molar-refractivity contribution in [3.8, 4) is 17.0 Å². The number of esters is 1. The van der Waals surface area contributed by atoms with E-state index in [0.29, 0.717) is 22.0 Å². The lowest BCUT2D eigenvalue weighted by atomic mass is 10.0. The van der Waals surface area contributed by atoms with Crippen LogP contribution >= 0.6 is 11.6 Å². The minimum atomic E-state index is -0.408. The molecule has 3 nitrogen and oxygen atoms in total. The van der Waals surface area contributed by atoms with Gasteiger partial charge in [0.1, 0.15) is 5.75 Å². The number of benzene rings is 3. The van der Waals surface area contributed by atoms with Crippen LogP contribution in [0.15, 0.2) is 78.9 Å². The second-order valence-corrected chi connectivity index (χ2v) is 6.67. The maximum absolute atomic E-state index is 12.9. The summed E-state index contributed by atoms with van der Waals surface area (Å²) in [4.78, 5) is 17.7. The van der Waals surface area contributed by atoms with Gasteiger partial charge in [-0.25, -0.2) is 9.78 Å². The Morgan fingerprint density at radius 2 is 1.67 bits per heavy atom. The molecule has 0 aliphatic rings.